The van der Waals surface area contributed by atoms with E-state index in [9.17, 15) is 5.11 Å². The Morgan fingerprint density at radius 1 is 0.542 bits per heavy atom. The third kappa shape index (κ3) is 11.0. The van der Waals surface area contributed by atoms with Crippen LogP contribution < -0.4 is 5.32 Å². The largest absolute Gasteiger partial charge is 0.389 e. The first-order valence-electron chi connectivity index (χ1n) is 16.9. The van der Waals surface area contributed by atoms with E-state index in [1.807, 2.05) is 121 Å². The van der Waals surface area contributed by atoms with Gasteiger partial charge in [0.25, 0.3) is 0 Å². The molecular formula is C41H49NO5Si. The molecule has 1 saturated carbocycles. The molecule has 0 bridgehead atoms. The van der Waals surface area contributed by atoms with Crippen LogP contribution >= 0.6 is 0 Å². The molecule has 2 N–H and O–H groups in total. The van der Waals surface area contributed by atoms with E-state index < -0.39 is 44.6 Å². The van der Waals surface area contributed by atoms with Crippen molar-refractivity contribution in [3.63, 3.8) is 0 Å². The van der Waals surface area contributed by atoms with Gasteiger partial charge >= 0.3 is 0 Å². The van der Waals surface area contributed by atoms with Gasteiger partial charge in [0, 0.05) is 13.0 Å². The molecule has 0 aromatic heterocycles. The van der Waals surface area contributed by atoms with Gasteiger partial charge in [-0.3, -0.25) is 0 Å². The summed E-state index contributed by atoms with van der Waals surface area (Å²) in [6, 6.07) is 39.8. The van der Waals surface area contributed by atoms with Gasteiger partial charge in [-0.05, 0) is 22.3 Å². The van der Waals surface area contributed by atoms with Crippen molar-refractivity contribution in [2.45, 2.75) is 89.1 Å². The van der Waals surface area contributed by atoms with Gasteiger partial charge in [0.15, 0.2) is 0 Å². The number of ether oxygens (including phenoxy) is 4. The molecule has 1 aliphatic rings. The van der Waals surface area contributed by atoms with E-state index in [1.165, 1.54) is 0 Å². The first-order chi connectivity index (χ1) is 23.4. The topological polar surface area (TPSA) is 69.2 Å². The Bertz CT molecular complexity index is 1540. The number of nitrogens with one attached hydrogen (secondary N) is 1. The summed E-state index contributed by atoms with van der Waals surface area (Å²) in [4.78, 5) is 0. The lowest BCUT2D eigenvalue weighted by atomic mass is 9.82. The van der Waals surface area contributed by atoms with E-state index in [1.54, 1.807) is 0 Å². The fourth-order valence-corrected chi connectivity index (χ4v) is 6.53. The van der Waals surface area contributed by atoms with E-state index in [2.05, 4.69) is 36.4 Å². The number of aliphatic hydroxyl groups is 1. The molecule has 48 heavy (non-hydrogen) atoms. The molecule has 4 aromatic carbocycles. The summed E-state index contributed by atoms with van der Waals surface area (Å²) < 4.78 is 26.9. The second-order valence-corrected chi connectivity index (χ2v) is 18.1. The summed E-state index contributed by atoms with van der Waals surface area (Å²) in [6.07, 6.45) is -2.72. The molecule has 0 radical (unpaired) electrons. The summed E-state index contributed by atoms with van der Waals surface area (Å²) in [5.41, 5.74) is 7.57. The van der Waals surface area contributed by atoms with Crippen LogP contribution in [0.1, 0.15) is 28.7 Å². The number of aliphatic hydroxyl groups excluding tert-OH is 1. The van der Waals surface area contributed by atoms with E-state index in [-0.39, 0.29) is 0 Å². The maximum absolute atomic E-state index is 12.2. The molecule has 1 fully saturated rings. The second-order valence-electron chi connectivity index (χ2n) is 13.3. The molecule has 6 atom stereocenters. The highest BCUT2D eigenvalue weighted by molar-refractivity contribution is 6.83. The van der Waals surface area contributed by atoms with Crippen molar-refractivity contribution in [2.75, 3.05) is 6.54 Å². The van der Waals surface area contributed by atoms with Gasteiger partial charge in [0.1, 0.15) is 38.6 Å². The van der Waals surface area contributed by atoms with Crippen LogP contribution in [0.3, 0.4) is 0 Å². The van der Waals surface area contributed by atoms with Crippen LogP contribution in [0.5, 0.6) is 0 Å². The van der Waals surface area contributed by atoms with Crippen LogP contribution in [0, 0.1) is 11.5 Å². The standard InChI is InChI=1S/C41H49NO5Si/c1-48(2,3)27-17-16-26-42-36-37(43)39(45-29-33-20-10-5-11-21-33)41(47-31-35-24-14-7-15-25-35)40(46-30-34-22-12-6-13-23-34)38(36)44-28-32-18-8-4-9-19-32/h4-15,18-25,36-43H,16,26,28-31H2,1-3H3/t36-,37-,38+,39+,40-,41-/m1/s1. The van der Waals surface area contributed by atoms with Crippen LogP contribution in [0.25, 0.3) is 0 Å². The normalized spacial score (nSPS) is 22.5. The summed E-state index contributed by atoms with van der Waals surface area (Å²) >= 11 is 0. The minimum Gasteiger partial charge on any atom is -0.389 e. The van der Waals surface area contributed by atoms with E-state index >= 15 is 0 Å². The Labute approximate surface area is 287 Å². The minimum atomic E-state index is -1.50. The molecule has 0 saturated heterocycles. The van der Waals surface area contributed by atoms with Gasteiger partial charge in [0.2, 0.25) is 0 Å². The molecule has 1 aliphatic carbocycles. The summed E-state index contributed by atoms with van der Waals surface area (Å²) in [5, 5.41) is 15.8. The summed E-state index contributed by atoms with van der Waals surface area (Å²) in [5.74, 6) is 3.36. The molecule has 7 heteroatoms. The SMILES string of the molecule is C[Si](C)(C)C#CCCN[C@@H]1[C@@H](O)[C@H](OCc2ccccc2)[C@@H](OCc2ccccc2)[C@H](OCc2ccccc2)[C@H]1OCc1ccccc1. The van der Waals surface area contributed by atoms with Gasteiger partial charge in [-0.2, -0.15) is 0 Å². The van der Waals surface area contributed by atoms with Crippen molar-refractivity contribution in [3.05, 3.63) is 144 Å². The van der Waals surface area contributed by atoms with Gasteiger partial charge in [-0.15, -0.1) is 11.5 Å². The minimum absolute atomic E-state index is 0.323. The maximum Gasteiger partial charge on any atom is 0.129 e. The first kappa shape index (κ1) is 35.7. The average Bonchev–Trinajstić information content (AvgIpc) is 3.10. The lowest BCUT2D eigenvalue weighted by Gasteiger charge is -2.49. The maximum atomic E-state index is 12.2. The highest BCUT2D eigenvalue weighted by Crippen LogP contribution is 2.33. The molecule has 4 aromatic rings. The number of benzene rings is 4. The fraction of sp³-hybridized carbons (Fsp3) is 0.366. The summed E-state index contributed by atoms with van der Waals surface area (Å²) in [7, 11) is -1.50. The Morgan fingerprint density at radius 2 is 0.896 bits per heavy atom. The van der Waals surface area contributed by atoms with Crippen molar-refractivity contribution < 1.29 is 24.1 Å². The average molecular weight is 664 g/mol. The molecular weight excluding hydrogens is 615 g/mol. The van der Waals surface area contributed by atoms with Crippen molar-refractivity contribution in [1.29, 1.82) is 0 Å². The lowest BCUT2D eigenvalue weighted by Crippen LogP contribution is -2.69. The molecule has 252 valence electrons. The molecule has 5 rings (SSSR count). The lowest BCUT2D eigenvalue weighted by molar-refractivity contribution is -0.250. The molecule has 0 spiro atoms. The molecule has 0 unspecified atom stereocenters. The number of hydrogen-bond acceptors (Lipinski definition) is 6. The van der Waals surface area contributed by atoms with Crippen LogP contribution in [0.15, 0.2) is 121 Å². The zero-order valence-corrected chi connectivity index (χ0v) is 29.3. The molecule has 6 nitrogen and oxygen atoms in total. The van der Waals surface area contributed by atoms with Gasteiger partial charge in [0.05, 0.1) is 32.5 Å². The number of rotatable bonds is 15. The molecule has 0 amide bonds. The predicted molar refractivity (Wildman–Crippen MR) is 194 cm³/mol. The Kier molecular flexibility index (Phi) is 13.6. The Morgan fingerprint density at radius 3 is 1.29 bits per heavy atom. The first-order valence-corrected chi connectivity index (χ1v) is 20.4. The predicted octanol–water partition coefficient (Wildman–Crippen LogP) is 6.93. The summed E-state index contributed by atoms with van der Waals surface area (Å²) in [6.45, 7) is 8.69. The van der Waals surface area contributed by atoms with Gasteiger partial charge in [-0.25, -0.2) is 0 Å². The highest BCUT2D eigenvalue weighted by Gasteiger charge is 2.53. The van der Waals surface area contributed by atoms with Crippen LogP contribution in [-0.2, 0) is 45.4 Å². The van der Waals surface area contributed by atoms with Gasteiger partial charge < -0.3 is 29.4 Å². The Balaban J connectivity index is 1.48. The number of hydrogen-bond donors (Lipinski definition) is 2. The molecule has 0 heterocycles. The quantitative estimate of drug-likeness (QED) is 0.0817. The third-order valence-electron chi connectivity index (χ3n) is 8.26. The smallest absolute Gasteiger partial charge is 0.129 e. The van der Waals surface area contributed by atoms with Crippen LogP contribution in [0.4, 0.5) is 0 Å². The van der Waals surface area contributed by atoms with Crippen molar-refractivity contribution in [2.24, 2.45) is 0 Å². The highest BCUT2D eigenvalue weighted by atomic mass is 28.3. The van der Waals surface area contributed by atoms with Crippen LogP contribution in [-0.4, -0.2) is 56.3 Å². The zero-order valence-electron chi connectivity index (χ0n) is 28.3. The Hall–Kier alpha value is -3.58. The van der Waals surface area contributed by atoms with E-state index in [0.717, 1.165) is 22.3 Å². The van der Waals surface area contributed by atoms with E-state index in [4.69, 9.17) is 18.9 Å². The van der Waals surface area contributed by atoms with Crippen LogP contribution in [0.2, 0.25) is 19.6 Å². The molecule has 0 aliphatic heterocycles. The van der Waals surface area contributed by atoms with Gasteiger partial charge in [-0.1, -0.05) is 141 Å². The second kappa shape index (κ2) is 18.3. The van der Waals surface area contributed by atoms with E-state index in [0.29, 0.717) is 39.4 Å². The fourth-order valence-electron chi connectivity index (χ4n) is 5.88. The monoisotopic (exact) mass is 663 g/mol. The van der Waals surface area contributed by atoms with Crippen molar-refractivity contribution >= 4 is 8.07 Å². The third-order valence-corrected chi connectivity index (χ3v) is 9.19. The van der Waals surface area contributed by atoms with Crippen molar-refractivity contribution in [3.8, 4) is 11.5 Å². The zero-order chi connectivity index (χ0) is 33.6. The van der Waals surface area contributed by atoms with Crippen molar-refractivity contribution in [1.82, 2.24) is 5.32 Å².